The number of carbonyl (C=O) groups is 2. The van der Waals surface area contributed by atoms with Gasteiger partial charge in [0.05, 0.1) is 10.6 Å². The van der Waals surface area contributed by atoms with E-state index >= 15 is 0 Å². The molecule has 0 aliphatic heterocycles. The number of nitrogens with two attached hydrogens (primary N) is 1. The van der Waals surface area contributed by atoms with Crippen molar-refractivity contribution >= 4 is 63.0 Å². The van der Waals surface area contributed by atoms with Crippen LogP contribution in [0.5, 0.6) is 0 Å². The van der Waals surface area contributed by atoms with Gasteiger partial charge >= 0.3 is 0 Å². The van der Waals surface area contributed by atoms with Crippen molar-refractivity contribution in [3.8, 4) is 0 Å². The highest BCUT2D eigenvalue weighted by molar-refractivity contribution is 8.01. The molecular weight excluding hydrogens is 408 g/mol. The molecule has 2 aromatic heterocycles. The van der Waals surface area contributed by atoms with Gasteiger partial charge in [0.25, 0.3) is 0 Å². The molecule has 0 fully saturated rings. The molecular formula is C16H13ClN6O2S2. The number of hydrogen-bond donors (Lipinski definition) is 3. The van der Waals surface area contributed by atoms with E-state index in [2.05, 4.69) is 25.8 Å². The van der Waals surface area contributed by atoms with E-state index in [-0.39, 0.29) is 11.5 Å². The van der Waals surface area contributed by atoms with Crippen LogP contribution < -0.4 is 16.4 Å². The maximum absolute atomic E-state index is 11.1. The third-order valence-electron chi connectivity index (χ3n) is 3.12. The van der Waals surface area contributed by atoms with Gasteiger partial charge in [-0.25, -0.2) is 4.98 Å². The molecule has 2 heterocycles. The minimum atomic E-state index is -0.593. The van der Waals surface area contributed by atoms with Crippen LogP contribution in [0.25, 0.3) is 0 Å². The minimum absolute atomic E-state index is 0.145. The summed E-state index contributed by atoms with van der Waals surface area (Å²) < 4.78 is 0.622. The molecule has 0 atom stereocenters. The summed E-state index contributed by atoms with van der Waals surface area (Å²) in [6, 6.07) is 8.70. The topological polar surface area (TPSA) is 123 Å². The van der Waals surface area contributed by atoms with Crippen molar-refractivity contribution in [2.24, 2.45) is 5.73 Å². The number of nitrogens with one attached hydrogen (secondary N) is 2. The number of pyridine rings is 1. The zero-order valence-electron chi connectivity index (χ0n) is 13.9. The Labute approximate surface area is 167 Å². The number of amides is 2. The predicted molar refractivity (Wildman–Crippen MR) is 106 cm³/mol. The maximum Gasteiger partial charge on any atom is 0.250 e. The van der Waals surface area contributed by atoms with Crippen LogP contribution in [0.15, 0.2) is 45.9 Å². The normalized spacial score (nSPS) is 10.4. The van der Waals surface area contributed by atoms with Gasteiger partial charge in [0, 0.05) is 24.5 Å². The number of benzene rings is 1. The summed E-state index contributed by atoms with van der Waals surface area (Å²) in [4.78, 5) is 26.4. The fraction of sp³-hybridized carbons (Fsp3) is 0.0625. The molecule has 3 aromatic rings. The molecule has 11 heteroatoms. The summed E-state index contributed by atoms with van der Waals surface area (Å²) in [5.74, 6) is -0.738. The van der Waals surface area contributed by atoms with E-state index in [4.69, 9.17) is 17.3 Å². The Bertz CT molecular complexity index is 1010. The lowest BCUT2D eigenvalue weighted by molar-refractivity contribution is -0.114. The molecule has 0 radical (unpaired) electrons. The molecule has 1 aromatic carbocycles. The standard InChI is InChI=1S/C16H13ClN6O2S2/c1-8(24)20-10-3-2-4-11(6-10)21-15-22-23-16(27-15)26-14-12(17)5-9(7-19-14)13(18)25/h2-7H,1H3,(H2,18,25)(H,20,24)(H,21,22). The molecule has 0 unspecified atom stereocenters. The Morgan fingerprint density at radius 1 is 1.22 bits per heavy atom. The van der Waals surface area contributed by atoms with E-state index in [1.54, 1.807) is 12.1 Å². The Hall–Kier alpha value is -2.69. The van der Waals surface area contributed by atoms with Crippen molar-refractivity contribution in [2.45, 2.75) is 16.3 Å². The van der Waals surface area contributed by atoms with Gasteiger partial charge in [0.1, 0.15) is 5.03 Å². The van der Waals surface area contributed by atoms with Gasteiger partial charge in [-0.15, -0.1) is 10.2 Å². The summed E-state index contributed by atoms with van der Waals surface area (Å²) in [5, 5.41) is 15.4. The maximum atomic E-state index is 11.1. The first-order valence-electron chi connectivity index (χ1n) is 7.52. The number of hydrogen-bond acceptors (Lipinski definition) is 8. The molecule has 4 N–H and O–H groups in total. The van der Waals surface area contributed by atoms with Gasteiger partial charge in [0.15, 0.2) is 4.34 Å². The molecule has 0 bridgehead atoms. The Kier molecular flexibility index (Phi) is 5.89. The van der Waals surface area contributed by atoms with E-state index in [0.717, 1.165) is 5.69 Å². The van der Waals surface area contributed by atoms with Crippen LogP contribution in [-0.4, -0.2) is 27.0 Å². The molecule has 3 rings (SSSR count). The number of rotatable bonds is 6. The quantitative estimate of drug-likeness (QED) is 0.557. The third kappa shape index (κ3) is 5.16. The van der Waals surface area contributed by atoms with Gasteiger partial charge in [-0.05, 0) is 36.0 Å². The van der Waals surface area contributed by atoms with Crippen LogP contribution in [0.3, 0.4) is 0 Å². The van der Waals surface area contributed by atoms with Crippen LogP contribution >= 0.6 is 34.7 Å². The number of primary amides is 1. The molecule has 0 spiro atoms. The van der Waals surface area contributed by atoms with Crippen LogP contribution in [0.4, 0.5) is 16.5 Å². The van der Waals surface area contributed by atoms with E-state index in [1.807, 2.05) is 12.1 Å². The lowest BCUT2D eigenvalue weighted by Crippen LogP contribution is -2.11. The van der Waals surface area contributed by atoms with Crippen molar-refractivity contribution < 1.29 is 9.59 Å². The van der Waals surface area contributed by atoms with Gasteiger partial charge in [-0.3, -0.25) is 9.59 Å². The summed E-state index contributed by atoms with van der Waals surface area (Å²) >= 11 is 8.68. The molecule has 8 nitrogen and oxygen atoms in total. The lowest BCUT2D eigenvalue weighted by atomic mass is 10.3. The predicted octanol–water partition coefficient (Wildman–Crippen LogP) is 3.54. The molecule has 2 amide bonds. The van der Waals surface area contributed by atoms with Gasteiger partial charge in [0.2, 0.25) is 16.9 Å². The summed E-state index contributed by atoms with van der Waals surface area (Å²) in [5.41, 5.74) is 6.88. The highest BCUT2D eigenvalue weighted by Crippen LogP contribution is 2.35. The van der Waals surface area contributed by atoms with Crippen molar-refractivity contribution in [1.29, 1.82) is 0 Å². The highest BCUT2D eigenvalue weighted by Gasteiger charge is 2.12. The fourth-order valence-corrected chi connectivity index (χ4v) is 3.95. The highest BCUT2D eigenvalue weighted by atomic mass is 35.5. The molecule has 0 aliphatic carbocycles. The smallest absolute Gasteiger partial charge is 0.250 e. The number of nitrogens with zero attached hydrogens (tertiary/aromatic N) is 3. The second kappa shape index (κ2) is 8.33. The summed E-state index contributed by atoms with van der Waals surface area (Å²) in [7, 11) is 0. The van der Waals surface area contributed by atoms with Gasteiger partial charge < -0.3 is 16.4 Å². The van der Waals surface area contributed by atoms with Gasteiger partial charge in [-0.1, -0.05) is 29.0 Å². The molecule has 0 saturated heterocycles. The zero-order valence-corrected chi connectivity index (χ0v) is 16.3. The van der Waals surface area contributed by atoms with E-state index in [9.17, 15) is 9.59 Å². The monoisotopic (exact) mass is 420 g/mol. The second-order valence-corrected chi connectivity index (χ2v) is 7.86. The molecule has 27 heavy (non-hydrogen) atoms. The zero-order chi connectivity index (χ0) is 19.4. The first kappa shape index (κ1) is 19.1. The SMILES string of the molecule is CC(=O)Nc1cccc(Nc2nnc(Sc3ncc(C(N)=O)cc3Cl)s2)c1. The Morgan fingerprint density at radius 3 is 2.70 bits per heavy atom. The fourth-order valence-electron chi connectivity index (χ4n) is 2.02. The first-order valence-corrected chi connectivity index (χ1v) is 9.53. The molecule has 0 saturated carbocycles. The summed E-state index contributed by atoms with van der Waals surface area (Å²) in [6.07, 6.45) is 1.37. The first-order chi connectivity index (χ1) is 12.9. The lowest BCUT2D eigenvalue weighted by Gasteiger charge is -2.05. The largest absolute Gasteiger partial charge is 0.366 e. The Morgan fingerprint density at radius 2 is 2.00 bits per heavy atom. The average molecular weight is 421 g/mol. The molecule has 138 valence electrons. The Balaban J connectivity index is 1.70. The van der Waals surface area contributed by atoms with E-state index < -0.39 is 5.91 Å². The number of carbonyl (C=O) groups excluding carboxylic acids is 2. The van der Waals surface area contributed by atoms with Crippen molar-refractivity contribution in [1.82, 2.24) is 15.2 Å². The summed E-state index contributed by atoms with van der Waals surface area (Å²) in [6.45, 7) is 1.45. The van der Waals surface area contributed by atoms with Crippen molar-refractivity contribution in [2.75, 3.05) is 10.6 Å². The molecule has 0 aliphatic rings. The van der Waals surface area contributed by atoms with Crippen molar-refractivity contribution in [3.05, 3.63) is 47.1 Å². The number of anilines is 3. The average Bonchev–Trinajstić information content (AvgIpc) is 3.03. The van der Waals surface area contributed by atoms with Crippen LogP contribution in [0.1, 0.15) is 17.3 Å². The van der Waals surface area contributed by atoms with Crippen molar-refractivity contribution in [3.63, 3.8) is 0 Å². The third-order valence-corrected chi connectivity index (χ3v) is 5.43. The van der Waals surface area contributed by atoms with Crippen LogP contribution in [-0.2, 0) is 4.79 Å². The number of halogens is 1. The van der Waals surface area contributed by atoms with Gasteiger partial charge in [-0.2, -0.15) is 0 Å². The van der Waals surface area contributed by atoms with Crippen LogP contribution in [0.2, 0.25) is 5.02 Å². The van der Waals surface area contributed by atoms with E-state index in [0.29, 0.717) is 25.2 Å². The number of aromatic nitrogens is 3. The minimum Gasteiger partial charge on any atom is -0.366 e. The second-order valence-electron chi connectivity index (χ2n) is 5.24. The van der Waals surface area contributed by atoms with E-state index in [1.165, 1.54) is 42.3 Å². The van der Waals surface area contributed by atoms with Crippen LogP contribution in [0, 0.1) is 0 Å².